The zero-order chi connectivity index (χ0) is 12.7. The highest BCUT2D eigenvalue weighted by molar-refractivity contribution is 5.75. The summed E-state index contributed by atoms with van der Waals surface area (Å²) in [5, 5.41) is 2.93. The maximum absolute atomic E-state index is 11.6. The zero-order valence-electron chi connectivity index (χ0n) is 10.7. The third kappa shape index (κ3) is 5.50. The van der Waals surface area contributed by atoms with E-state index in [-0.39, 0.29) is 5.91 Å². The summed E-state index contributed by atoms with van der Waals surface area (Å²) in [5.41, 5.74) is 7.87. The normalized spacial score (nSPS) is 12.2. The molecular weight excluding hydrogens is 212 g/mol. The molecule has 0 saturated heterocycles. The van der Waals surface area contributed by atoms with E-state index in [0.717, 1.165) is 12.0 Å². The topological polar surface area (TPSA) is 55.1 Å². The molecule has 1 unspecified atom stereocenters. The van der Waals surface area contributed by atoms with Crippen LogP contribution in [0.1, 0.15) is 30.9 Å². The number of amides is 1. The summed E-state index contributed by atoms with van der Waals surface area (Å²) in [7, 11) is 0. The van der Waals surface area contributed by atoms with Crippen LogP contribution in [-0.2, 0) is 11.3 Å². The zero-order valence-corrected chi connectivity index (χ0v) is 10.7. The van der Waals surface area contributed by atoms with Crippen molar-refractivity contribution in [3.8, 4) is 0 Å². The molecule has 0 saturated carbocycles. The molecule has 0 fully saturated rings. The van der Waals surface area contributed by atoms with Crippen molar-refractivity contribution in [3.05, 3.63) is 35.4 Å². The van der Waals surface area contributed by atoms with Crippen molar-refractivity contribution in [1.82, 2.24) is 5.32 Å². The van der Waals surface area contributed by atoms with Crippen LogP contribution < -0.4 is 11.1 Å². The van der Waals surface area contributed by atoms with Gasteiger partial charge in [0.05, 0.1) is 0 Å². The molecule has 17 heavy (non-hydrogen) atoms. The Labute approximate surface area is 103 Å². The lowest BCUT2D eigenvalue weighted by atomic mass is 10.1. The molecule has 0 radical (unpaired) electrons. The Balaban J connectivity index is 2.28. The average Bonchev–Trinajstić information content (AvgIpc) is 2.33. The van der Waals surface area contributed by atoms with Gasteiger partial charge in [-0.05, 0) is 31.4 Å². The van der Waals surface area contributed by atoms with Crippen molar-refractivity contribution in [2.24, 2.45) is 11.7 Å². The van der Waals surface area contributed by atoms with E-state index in [4.69, 9.17) is 5.73 Å². The van der Waals surface area contributed by atoms with Crippen molar-refractivity contribution < 1.29 is 4.79 Å². The molecule has 3 nitrogen and oxygen atoms in total. The molecule has 0 aliphatic heterocycles. The summed E-state index contributed by atoms with van der Waals surface area (Å²) in [6, 6.07) is 8.17. The number of carbonyl (C=O) groups excluding carboxylic acids is 1. The summed E-state index contributed by atoms with van der Waals surface area (Å²) >= 11 is 0. The molecule has 0 spiro atoms. The Morgan fingerprint density at radius 2 is 2.24 bits per heavy atom. The number of hydrogen-bond acceptors (Lipinski definition) is 2. The first-order valence-corrected chi connectivity index (χ1v) is 6.14. The number of carbonyl (C=O) groups is 1. The van der Waals surface area contributed by atoms with Crippen LogP contribution in [0.5, 0.6) is 0 Å². The number of aryl methyl sites for hydroxylation is 1. The average molecular weight is 234 g/mol. The Morgan fingerprint density at radius 3 is 2.88 bits per heavy atom. The van der Waals surface area contributed by atoms with Crippen LogP contribution in [0.2, 0.25) is 0 Å². The molecule has 0 aromatic heterocycles. The van der Waals surface area contributed by atoms with Gasteiger partial charge in [-0.1, -0.05) is 36.8 Å². The van der Waals surface area contributed by atoms with Gasteiger partial charge in [0.1, 0.15) is 0 Å². The van der Waals surface area contributed by atoms with E-state index < -0.39 is 0 Å². The predicted molar refractivity (Wildman–Crippen MR) is 70.5 cm³/mol. The number of benzene rings is 1. The second-order valence-electron chi connectivity index (χ2n) is 4.65. The molecule has 1 atom stereocenters. The quantitative estimate of drug-likeness (QED) is 0.791. The Bertz CT molecular complexity index is 363. The van der Waals surface area contributed by atoms with E-state index in [1.165, 1.54) is 5.56 Å². The molecule has 0 heterocycles. The largest absolute Gasteiger partial charge is 0.352 e. The standard InChI is InChI=1S/C14H22N2O/c1-11-4-3-5-13(8-11)10-16-14(17)7-6-12(2)9-15/h3-5,8,12H,6-7,9-10,15H2,1-2H3,(H,16,17). The highest BCUT2D eigenvalue weighted by atomic mass is 16.1. The number of nitrogens with one attached hydrogen (secondary N) is 1. The van der Waals surface area contributed by atoms with Crippen molar-refractivity contribution in [2.75, 3.05) is 6.54 Å². The lowest BCUT2D eigenvalue weighted by Gasteiger charge is -2.09. The second-order valence-corrected chi connectivity index (χ2v) is 4.65. The fourth-order valence-corrected chi connectivity index (χ4v) is 1.61. The molecule has 3 N–H and O–H groups in total. The fourth-order valence-electron chi connectivity index (χ4n) is 1.61. The van der Waals surface area contributed by atoms with Crippen LogP contribution in [0.25, 0.3) is 0 Å². The van der Waals surface area contributed by atoms with E-state index in [9.17, 15) is 4.79 Å². The van der Waals surface area contributed by atoms with Crippen molar-refractivity contribution in [2.45, 2.75) is 33.2 Å². The van der Waals surface area contributed by atoms with Crippen LogP contribution in [0.15, 0.2) is 24.3 Å². The third-order valence-corrected chi connectivity index (χ3v) is 2.84. The Kier molecular flexibility index (Phi) is 5.70. The summed E-state index contributed by atoms with van der Waals surface area (Å²) < 4.78 is 0. The van der Waals surface area contributed by atoms with Gasteiger partial charge in [0.15, 0.2) is 0 Å². The lowest BCUT2D eigenvalue weighted by molar-refractivity contribution is -0.121. The Hall–Kier alpha value is -1.35. The molecule has 0 bridgehead atoms. The summed E-state index contributed by atoms with van der Waals surface area (Å²) in [4.78, 5) is 11.6. The summed E-state index contributed by atoms with van der Waals surface area (Å²) in [6.45, 7) is 5.37. The van der Waals surface area contributed by atoms with Crippen LogP contribution >= 0.6 is 0 Å². The number of rotatable bonds is 6. The van der Waals surface area contributed by atoms with Gasteiger partial charge in [-0.2, -0.15) is 0 Å². The van der Waals surface area contributed by atoms with Crippen LogP contribution in [0.4, 0.5) is 0 Å². The van der Waals surface area contributed by atoms with E-state index in [0.29, 0.717) is 25.4 Å². The van der Waals surface area contributed by atoms with E-state index in [1.54, 1.807) is 0 Å². The molecule has 1 rings (SSSR count). The monoisotopic (exact) mass is 234 g/mol. The predicted octanol–water partition coefficient (Wildman–Crippen LogP) is 1.99. The van der Waals surface area contributed by atoms with Gasteiger partial charge in [0.2, 0.25) is 5.91 Å². The fraction of sp³-hybridized carbons (Fsp3) is 0.500. The third-order valence-electron chi connectivity index (χ3n) is 2.84. The molecule has 1 aromatic carbocycles. The van der Waals surface area contributed by atoms with Gasteiger partial charge in [-0.25, -0.2) is 0 Å². The Morgan fingerprint density at radius 1 is 1.47 bits per heavy atom. The second kappa shape index (κ2) is 7.07. The lowest BCUT2D eigenvalue weighted by Crippen LogP contribution is -2.24. The first kappa shape index (κ1) is 13.7. The van der Waals surface area contributed by atoms with E-state index in [2.05, 4.69) is 18.3 Å². The first-order chi connectivity index (χ1) is 8.11. The van der Waals surface area contributed by atoms with Gasteiger partial charge in [-0.3, -0.25) is 4.79 Å². The van der Waals surface area contributed by atoms with Gasteiger partial charge in [0.25, 0.3) is 0 Å². The minimum absolute atomic E-state index is 0.104. The summed E-state index contributed by atoms with van der Waals surface area (Å²) in [5.74, 6) is 0.520. The maximum atomic E-state index is 11.6. The van der Waals surface area contributed by atoms with Crippen LogP contribution in [-0.4, -0.2) is 12.5 Å². The molecular formula is C14H22N2O. The number of hydrogen-bond donors (Lipinski definition) is 2. The molecule has 0 aliphatic carbocycles. The minimum atomic E-state index is 0.104. The van der Waals surface area contributed by atoms with Gasteiger partial charge in [-0.15, -0.1) is 0 Å². The molecule has 1 aromatic rings. The molecule has 94 valence electrons. The summed E-state index contributed by atoms with van der Waals surface area (Å²) in [6.07, 6.45) is 1.42. The molecule has 1 amide bonds. The van der Waals surface area contributed by atoms with Gasteiger partial charge >= 0.3 is 0 Å². The van der Waals surface area contributed by atoms with Crippen molar-refractivity contribution in [3.63, 3.8) is 0 Å². The minimum Gasteiger partial charge on any atom is -0.352 e. The number of nitrogens with two attached hydrogens (primary N) is 1. The smallest absolute Gasteiger partial charge is 0.220 e. The van der Waals surface area contributed by atoms with Gasteiger partial charge in [0, 0.05) is 13.0 Å². The molecule has 0 aliphatic rings. The van der Waals surface area contributed by atoms with Crippen molar-refractivity contribution in [1.29, 1.82) is 0 Å². The van der Waals surface area contributed by atoms with Crippen molar-refractivity contribution >= 4 is 5.91 Å². The molecule has 3 heteroatoms. The first-order valence-electron chi connectivity index (χ1n) is 6.14. The highest BCUT2D eigenvalue weighted by Crippen LogP contribution is 2.05. The van der Waals surface area contributed by atoms with E-state index in [1.807, 2.05) is 25.1 Å². The van der Waals surface area contributed by atoms with Crippen LogP contribution in [0, 0.1) is 12.8 Å². The van der Waals surface area contributed by atoms with Crippen LogP contribution in [0.3, 0.4) is 0 Å². The maximum Gasteiger partial charge on any atom is 0.220 e. The highest BCUT2D eigenvalue weighted by Gasteiger charge is 2.05. The van der Waals surface area contributed by atoms with E-state index >= 15 is 0 Å². The SMILES string of the molecule is Cc1cccc(CNC(=O)CCC(C)CN)c1. The van der Waals surface area contributed by atoms with Gasteiger partial charge < -0.3 is 11.1 Å².